The number of anilines is 1. The first-order valence-electron chi connectivity index (χ1n) is 14.3. The Hall–Kier alpha value is -4.87. The van der Waals surface area contributed by atoms with Crippen LogP contribution in [0.2, 0.25) is 0 Å². The molecule has 3 heterocycles. The van der Waals surface area contributed by atoms with Gasteiger partial charge in [0.1, 0.15) is 5.71 Å². The van der Waals surface area contributed by atoms with Crippen molar-refractivity contribution in [1.29, 1.82) is 0 Å². The summed E-state index contributed by atoms with van der Waals surface area (Å²) in [4.78, 5) is 36.7. The highest BCUT2D eigenvalue weighted by molar-refractivity contribution is 6.58. The Morgan fingerprint density at radius 1 is 1.02 bits per heavy atom. The Labute approximate surface area is 253 Å². The number of allylic oxidation sites excluding steroid dienone is 2. The van der Waals surface area contributed by atoms with Crippen LogP contribution in [0.5, 0.6) is 0 Å². The summed E-state index contributed by atoms with van der Waals surface area (Å²) >= 11 is 0. The van der Waals surface area contributed by atoms with Crippen molar-refractivity contribution in [2.24, 2.45) is 0 Å². The molecule has 1 atom stereocenters. The van der Waals surface area contributed by atoms with E-state index in [2.05, 4.69) is 5.32 Å². The van der Waals surface area contributed by atoms with Crippen LogP contribution >= 0.6 is 0 Å². The number of non-ortho nitro benzene ring substituents is 1. The molecule has 3 aromatic rings. The van der Waals surface area contributed by atoms with Crippen LogP contribution in [0.1, 0.15) is 71.2 Å². The van der Waals surface area contributed by atoms with Gasteiger partial charge in [0.05, 0.1) is 16.1 Å². The molecule has 1 N–H and O–H groups in total. The molecule has 1 unspecified atom stereocenters. The molecule has 2 aliphatic heterocycles. The number of aryl methyl sites for hydroxylation is 4. The number of esters is 1. The van der Waals surface area contributed by atoms with Gasteiger partial charge >= 0.3 is 12.9 Å². The lowest BCUT2D eigenvalue weighted by atomic mass is 9.84. The number of aromatic nitrogens is 1. The molecule has 5 rings (SSSR count). The molecule has 0 aliphatic carbocycles. The van der Waals surface area contributed by atoms with Crippen molar-refractivity contribution in [3.05, 3.63) is 109 Å². The fourth-order valence-corrected chi connectivity index (χ4v) is 6.39. The maximum absolute atomic E-state index is 15.9. The van der Waals surface area contributed by atoms with E-state index in [4.69, 9.17) is 4.74 Å². The number of hydrogen-bond acceptors (Lipinski definition) is 5. The Morgan fingerprint density at radius 3 is 2.20 bits per heavy atom. The third kappa shape index (κ3) is 4.93. The van der Waals surface area contributed by atoms with Crippen LogP contribution in [0, 0.1) is 37.8 Å². The van der Waals surface area contributed by atoms with Crippen molar-refractivity contribution in [3.63, 3.8) is 0 Å². The average Bonchev–Trinajstić information content (AvgIpc) is 3.42. The maximum atomic E-state index is 15.9. The largest absolute Gasteiger partial charge is 0.737 e. The van der Waals surface area contributed by atoms with Crippen molar-refractivity contribution in [3.8, 4) is 0 Å². The molecule has 228 valence electrons. The number of benzene rings is 2. The number of hydrogen-bond donors (Lipinski definition) is 1. The number of nitrogens with one attached hydrogen (secondary N) is 1. The van der Waals surface area contributed by atoms with Gasteiger partial charge in [-0.15, -0.1) is 0 Å². The summed E-state index contributed by atoms with van der Waals surface area (Å²) < 4.78 is 39.6. The first kappa shape index (κ1) is 30.6. The van der Waals surface area contributed by atoms with E-state index in [1.54, 1.807) is 71.0 Å². The van der Waals surface area contributed by atoms with Crippen molar-refractivity contribution in [1.82, 2.24) is 4.48 Å². The molecule has 0 fully saturated rings. The summed E-state index contributed by atoms with van der Waals surface area (Å²) in [6.07, 6.45) is 0.846. The molecule has 1 amide bonds. The van der Waals surface area contributed by atoms with E-state index in [1.165, 1.54) is 12.1 Å². The van der Waals surface area contributed by atoms with Gasteiger partial charge in [-0.2, -0.15) is 0 Å². The van der Waals surface area contributed by atoms with Crippen molar-refractivity contribution < 1.29 is 32.4 Å². The molecule has 0 saturated carbocycles. The molecular formula is C32H33BF2N4O5. The normalized spacial score (nSPS) is 15.9. The predicted molar refractivity (Wildman–Crippen MR) is 165 cm³/mol. The van der Waals surface area contributed by atoms with E-state index in [9.17, 15) is 19.7 Å². The highest BCUT2D eigenvalue weighted by Gasteiger charge is 2.55. The SMILES string of the molecule is CCC(OC(=O)c1c(C)cc([N+](=O)[O-])cc1C)C(=O)Nc1ccc(C2=C3C(C)=CC(C)=[N+]3[B-](F)(F)n3c(C)cc(C)c32)cc1. The number of carbonyl (C=O) groups excluding carboxylic acids is 2. The van der Waals surface area contributed by atoms with E-state index >= 15 is 8.63 Å². The van der Waals surface area contributed by atoms with Gasteiger partial charge in [0.2, 0.25) is 0 Å². The summed E-state index contributed by atoms with van der Waals surface area (Å²) in [5.74, 6) is -1.29. The molecule has 0 spiro atoms. The molecular weight excluding hydrogens is 569 g/mol. The molecule has 9 nitrogen and oxygen atoms in total. The number of fused-ring (bicyclic) bond motifs is 2. The number of rotatable bonds is 7. The van der Waals surface area contributed by atoms with Crippen molar-refractivity contribution in [2.75, 3.05) is 5.32 Å². The van der Waals surface area contributed by atoms with E-state index < -0.39 is 29.9 Å². The minimum atomic E-state index is -4.09. The van der Waals surface area contributed by atoms with Crippen LogP contribution in [0.25, 0.3) is 5.57 Å². The van der Waals surface area contributed by atoms with Crippen LogP contribution in [-0.2, 0) is 9.53 Å². The summed E-state index contributed by atoms with van der Waals surface area (Å²) in [6.45, 7) is 7.78. The molecule has 0 bridgehead atoms. The Kier molecular flexibility index (Phi) is 7.65. The van der Waals surface area contributed by atoms with Crippen LogP contribution in [0.4, 0.5) is 20.0 Å². The lowest BCUT2D eigenvalue weighted by molar-refractivity contribution is -0.385. The second-order valence-electron chi connectivity index (χ2n) is 11.4. The first-order valence-corrected chi connectivity index (χ1v) is 14.3. The number of ether oxygens (including phenoxy) is 1. The molecule has 2 aliphatic rings. The third-order valence-corrected chi connectivity index (χ3v) is 8.22. The standard InChI is InChI=1S/C32H33BF2N4O5/c1-8-26(44-32(41)27-17(2)15-25(39(42)43)16-18(27)3)31(40)36-24-11-9-23(10-12-24)28-29-19(4)13-21(6)37(29)33(34,35)38-22(7)14-20(5)30(28)38/h9-16,26H,8H2,1-7H3,(H,36,40). The lowest BCUT2D eigenvalue weighted by Crippen LogP contribution is -2.51. The minimum Gasteiger partial charge on any atom is -0.449 e. The van der Waals surface area contributed by atoms with E-state index in [0.29, 0.717) is 50.7 Å². The zero-order valence-electron chi connectivity index (χ0n) is 25.6. The monoisotopic (exact) mass is 602 g/mol. The smallest absolute Gasteiger partial charge is 0.449 e. The number of carbonyl (C=O) groups is 2. The second-order valence-corrected chi connectivity index (χ2v) is 11.4. The quantitative estimate of drug-likeness (QED) is 0.141. The summed E-state index contributed by atoms with van der Waals surface area (Å²) in [6, 6.07) is 11.3. The highest BCUT2D eigenvalue weighted by atomic mass is 19.2. The van der Waals surface area contributed by atoms with Gasteiger partial charge < -0.3 is 27.6 Å². The van der Waals surface area contributed by atoms with E-state index in [0.717, 1.165) is 20.1 Å². The molecule has 12 heteroatoms. The van der Waals surface area contributed by atoms with Gasteiger partial charge in [0.25, 0.3) is 11.6 Å². The lowest BCUT2D eigenvalue weighted by Gasteiger charge is -2.34. The topological polar surface area (TPSA) is 106 Å². The summed E-state index contributed by atoms with van der Waals surface area (Å²) in [5.41, 5.74) is 5.98. The molecule has 0 radical (unpaired) electrons. The fraction of sp³-hybridized carbons (Fsp3) is 0.281. The number of nitro groups is 1. The van der Waals surface area contributed by atoms with Gasteiger partial charge in [-0.1, -0.05) is 19.1 Å². The maximum Gasteiger partial charge on any atom is 0.737 e. The summed E-state index contributed by atoms with van der Waals surface area (Å²) in [5, 5.41) is 13.9. The Morgan fingerprint density at radius 2 is 1.64 bits per heavy atom. The zero-order valence-corrected chi connectivity index (χ0v) is 25.6. The predicted octanol–water partition coefficient (Wildman–Crippen LogP) is 6.63. The Bertz CT molecular complexity index is 1830. The highest BCUT2D eigenvalue weighted by Crippen LogP contribution is 2.44. The van der Waals surface area contributed by atoms with Gasteiger partial charge in [-0.25, -0.2) is 4.79 Å². The first-order chi connectivity index (χ1) is 20.7. The van der Waals surface area contributed by atoms with E-state index in [1.807, 2.05) is 13.8 Å². The van der Waals surface area contributed by atoms with Crippen LogP contribution in [-0.4, -0.2) is 44.6 Å². The summed E-state index contributed by atoms with van der Waals surface area (Å²) in [7, 11) is 0. The Balaban J connectivity index is 1.41. The molecule has 2 aromatic carbocycles. The molecule has 44 heavy (non-hydrogen) atoms. The number of amides is 1. The van der Waals surface area contributed by atoms with Gasteiger partial charge in [0, 0.05) is 42.1 Å². The van der Waals surface area contributed by atoms with Crippen molar-refractivity contribution >= 4 is 41.5 Å². The van der Waals surface area contributed by atoms with Crippen LogP contribution < -0.4 is 5.32 Å². The molecule has 0 saturated heterocycles. The number of nitro benzene ring substituents is 1. The second kappa shape index (κ2) is 11.0. The fourth-order valence-electron chi connectivity index (χ4n) is 6.39. The van der Waals surface area contributed by atoms with Crippen LogP contribution in [0.3, 0.4) is 0 Å². The zero-order chi connectivity index (χ0) is 32.2. The minimum absolute atomic E-state index is 0.136. The number of nitrogens with zero attached hydrogens (tertiary/aromatic N) is 3. The third-order valence-electron chi connectivity index (χ3n) is 8.22. The molecule has 1 aromatic heterocycles. The average molecular weight is 602 g/mol. The van der Waals surface area contributed by atoms with Gasteiger partial charge in [0.15, 0.2) is 11.8 Å². The van der Waals surface area contributed by atoms with Crippen molar-refractivity contribution in [2.45, 2.75) is 61.0 Å². The van der Waals surface area contributed by atoms with E-state index in [-0.39, 0.29) is 17.7 Å². The number of halogens is 2. The van der Waals surface area contributed by atoms with Crippen LogP contribution in [0.15, 0.2) is 59.8 Å². The van der Waals surface area contributed by atoms with Gasteiger partial charge in [-0.05, 0) is 87.2 Å². The van der Waals surface area contributed by atoms with Gasteiger partial charge in [-0.3, -0.25) is 14.9 Å².